The number of aromatic nitrogens is 1. The van der Waals surface area contributed by atoms with E-state index in [4.69, 9.17) is 17.0 Å². The fourth-order valence-corrected chi connectivity index (χ4v) is 0.899. The Hall–Kier alpha value is -0.670. The van der Waals surface area contributed by atoms with Crippen LogP contribution in [0.2, 0.25) is 0 Å². The zero-order valence-corrected chi connectivity index (χ0v) is 6.60. The average molecular weight is 155 g/mol. The summed E-state index contributed by atoms with van der Waals surface area (Å²) in [5.74, 6) is 0. The van der Waals surface area contributed by atoms with E-state index in [1.165, 1.54) is 0 Å². The van der Waals surface area contributed by atoms with E-state index in [9.17, 15) is 0 Å². The second kappa shape index (κ2) is 3.49. The maximum atomic E-state index is 5.00. The minimum atomic E-state index is 0.527. The van der Waals surface area contributed by atoms with Crippen LogP contribution in [-0.2, 0) is 11.5 Å². The zero-order valence-electron chi connectivity index (χ0n) is 5.78. The highest BCUT2D eigenvalue weighted by Gasteiger charge is 1.85. The van der Waals surface area contributed by atoms with E-state index in [1.54, 1.807) is 7.11 Å². The molecule has 0 fully saturated rings. The topological polar surface area (TPSA) is 14.2 Å². The molecule has 0 spiro atoms. The molecule has 2 nitrogen and oxygen atoms in total. The normalized spacial score (nSPS) is 9.70. The summed E-state index contributed by atoms with van der Waals surface area (Å²) < 4.78 is 7.56. The van der Waals surface area contributed by atoms with Crippen molar-refractivity contribution < 1.29 is 4.74 Å². The molecule has 1 aromatic heterocycles. The van der Waals surface area contributed by atoms with Crippen molar-refractivity contribution in [3.05, 3.63) is 29.0 Å². The lowest BCUT2D eigenvalue weighted by molar-refractivity contribution is 0.129. The summed E-state index contributed by atoms with van der Waals surface area (Å²) in [5.41, 5.74) is 0. The Morgan fingerprint density at radius 2 is 2.40 bits per heavy atom. The number of pyridine rings is 1. The lowest BCUT2D eigenvalue weighted by Gasteiger charge is -2.02. The van der Waals surface area contributed by atoms with Crippen molar-refractivity contribution in [2.75, 3.05) is 7.11 Å². The first-order valence-electron chi connectivity index (χ1n) is 2.99. The van der Waals surface area contributed by atoms with Crippen molar-refractivity contribution in [2.24, 2.45) is 0 Å². The van der Waals surface area contributed by atoms with Gasteiger partial charge in [0.1, 0.15) is 11.4 Å². The molecule has 0 aliphatic rings. The van der Waals surface area contributed by atoms with Crippen LogP contribution in [0.25, 0.3) is 0 Å². The Morgan fingerprint density at radius 1 is 1.60 bits per heavy atom. The van der Waals surface area contributed by atoms with E-state index in [-0.39, 0.29) is 0 Å². The smallest absolute Gasteiger partial charge is 0.123 e. The van der Waals surface area contributed by atoms with Crippen LogP contribution in [0.5, 0.6) is 0 Å². The molecule has 0 bridgehead atoms. The molecule has 0 aliphatic heterocycles. The van der Waals surface area contributed by atoms with Gasteiger partial charge in [0.05, 0.1) is 0 Å². The van der Waals surface area contributed by atoms with Crippen LogP contribution >= 0.6 is 12.2 Å². The van der Waals surface area contributed by atoms with Gasteiger partial charge in [-0.05, 0) is 12.1 Å². The van der Waals surface area contributed by atoms with Crippen LogP contribution in [-0.4, -0.2) is 11.7 Å². The molecule has 0 saturated carbocycles. The standard InChI is InChI=1S/C7H9NOS/c1-9-6-8-5-3-2-4-7(8)10/h2-5H,6H2,1H3. The monoisotopic (exact) mass is 155 g/mol. The molecule has 0 amide bonds. The third-order valence-electron chi connectivity index (χ3n) is 1.17. The summed E-state index contributed by atoms with van der Waals surface area (Å²) in [7, 11) is 1.65. The van der Waals surface area contributed by atoms with Gasteiger partial charge in [-0.25, -0.2) is 0 Å². The molecule has 0 N–H and O–H groups in total. The predicted molar refractivity (Wildman–Crippen MR) is 42.3 cm³/mol. The molecule has 3 heteroatoms. The number of hydrogen-bond acceptors (Lipinski definition) is 2. The van der Waals surface area contributed by atoms with Crippen molar-refractivity contribution in [3.8, 4) is 0 Å². The number of hydrogen-bond donors (Lipinski definition) is 0. The van der Waals surface area contributed by atoms with E-state index in [2.05, 4.69) is 0 Å². The largest absolute Gasteiger partial charge is 0.364 e. The van der Waals surface area contributed by atoms with Crippen molar-refractivity contribution in [3.63, 3.8) is 0 Å². The van der Waals surface area contributed by atoms with Gasteiger partial charge in [0.25, 0.3) is 0 Å². The first kappa shape index (κ1) is 7.44. The average Bonchev–Trinajstić information content (AvgIpc) is 1.94. The van der Waals surface area contributed by atoms with E-state index in [0.29, 0.717) is 6.73 Å². The molecular weight excluding hydrogens is 146 g/mol. The highest BCUT2D eigenvalue weighted by atomic mass is 32.1. The number of rotatable bonds is 2. The summed E-state index contributed by atoms with van der Waals surface area (Å²) in [4.78, 5) is 0. The molecule has 0 saturated heterocycles. The van der Waals surface area contributed by atoms with Gasteiger partial charge < -0.3 is 9.30 Å². The van der Waals surface area contributed by atoms with Gasteiger partial charge in [0.15, 0.2) is 0 Å². The Bertz CT molecular complexity index is 256. The zero-order chi connectivity index (χ0) is 7.40. The molecular formula is C7H9NOS. The number of ether oxygens (including phenoxy) is 1. The van der Waals surface area contributed by atoms with Gasteiger partial charge in [-0.3, -0.25) is 0 Å². The van der Waals surface area contributed by atoms with Gasteiger partial charge >= 0.3 is 0 Å². The van der Waals surface area contributed by atoms with Crippen LogP contribution in [0.15, 0.2) is 24.4 Å². The van der Waals surface area contributed by atoms with E-state index in [0.717, 1.165) is 4.64 Å². The third kappa shape index (κ3) is 1.65. The van der Waals surface area contributed by atoms with Crippen LogP contribution in [0.1, 0.15) is 0 Å². The fraction of sp³-hybridized carbons (Fsp3) is 0.286. The first-order valence-corrected chi connectivity index (χ1v) is 3.40. The molecule has 54 valence electrons. The molecule has 1 rings (SSSR count). The molecule has 0 aromatic carbocycles. The molecule has 1 aromatic rings. The summed E-state index contributed by atoms with van der Waals surface area (Å²) >= 11 is 5.00. The quantitative estimate of drug-likeness (QED) is 0.605. The highest BCUT2D eigenvalue weighted by molar-refractivity contribution is 7.71. The van der Waals surface area contributed by atoms with Gasteiger partial charge in [0.2, 0.25) is 0 Å². The summed E-state index contributed by atoms with van der Waals surface area (Å²) in [6.07, 6.45) is 1.89. The van der Waals surface area contributed by atoms with E-state index in [1.807, 2.05) is 29.0 Å². The lowest BCUT2D eigenvalue weighted by Crippen LogP contribution is -1.99. The molecule has 0 radical (unpaired) electrons. The maximum absolute atomic E-state index is 5.00. The lowest BCUT2D eigenvalue weighted by atomic mass is 10.5. The van der Waals surface area contributed by atoms with Gasteiger partial charge in [-0.1, -0.05) is 18.3 Å². The van der Waals surface area contributed by atoms with Crippen LogP contribution in [0.3, 0.4) is 0 Å². The maximum Gasteiger partial charge on any atom is 0.123 e. The van der Waals surface area contributed by atoms with Crippen LogP contribution in [0, 0.1) is 4.64 Å². The van der Waals surface area contributed by atoms with Crippen molar-refractivity contribution in [2.45, 2.75) is 6.73 Å². The van der Waals surface area contributed by atoms with Gasteiger partial charge in [-0.15, -0.1) is 0 Å². The predicted octanol–water partition coefficient (Wildman–Crippen LogP) is 1.82. The number of nitrogens with zero attached hydrogens (tertiary/aromatic N) is 1. The van der Waals surface area contributed by atoms with E-state index < -0.39 is 0 Å². The molecule has 1 heterocycles. The van der Waals surface area contributed by atoms with E-state index >= 15 is 0 Å². The minimum Gasteiger partial charge on any atom is -0.364 e. The SMILES string of the molecule is COCn1ccccc1=S. The summed E-state index contributed by atoms with van der Waals surface area (Å²) in [6.45, 7) is 0.527. The Balaban J connectivity index is 2.92. The van der Waals surface area contributed by atoms with Crippen LogP contribution < -0.4 is 0 Å². The van der Waals surface area contributed by atoms with Crippen molar-refractivity contribution >= 4 is 12.2 Å². The molecule has 0 unspecified atom stereocenters. The summed E-state index contributed by atoms with van der Waals surface area (Å²) in [5, 5.41) is 0. The Kier molecular flexibility index (Phi) is 2.59. The van der Waals surface area contributed by atoms with Gasteiger partial charge in [-0.2, -0.15) is 0 Å². The Labute approximate surface area is 65.1 Å². The van der Waals surface area contributed by atoms with Crippen LogP contribution in [0.4, 0.5) is 0 Å². The number of methoxy groups -OCH3 is 1. The Morgan fingerprint density at radius 3 is 3.00 bits per heavy atom. The third-order valence-corrected chi connectivity index (χ3v) is 1.54. The molecule has 0 aliphatic carbocycles. The molecule has 10 heavy (non-hydrogen) atoms. The molecule has 0 atom stereocenters. The van der Waals surface area contributed by atoms with Crippen molar-refractivity contribution in [1.82, 2.24) is 4.57 Å². The second-order valence-electron chi connectivity index (χ2n) is 1.93. The van der Waals surface area contributed by atoms with Crippen molar-refractivity contribution in [1.29, 1.82) is 0 Å². The van der Waals surface area contributed by atoms with Gasteiger partial charge in [0, 0.05) is 13.3 Å². The second-order valence-corrected chi connectivity index (χ2v) is 2.34. The first-order chi connectivity index (χ1) is 4.84. The fourth-order valence-electron chi connectivity index (χ4n) is 0.706. The highest BCUT2D eigenvalue weighted by Crippen LogP contribution is 1.92. The minimum absolute atomic E-state index is 0.527. The summed E-state index contributed by atoms with van der Waals surface area (Å²) in [6, 6.07) is 5.71.